The highest BCUT2D eigenvalue weighted by Crippen LogP contribution is 2.66. The number of carbonyl (C=O) groups excluding carboxylic acids is 2. The Morgan fingerprint density at radius 1 is 0.885 bits per heavy atom. The molecule has 4 heteroatoms. The van der Waals surface area contributed by atoms with Crippen LogP contribution in [0.15, 0.2) is 60.7 Å². The van der Waals surface area contributed by atoms with Crippen molar-refractivity contribution in [3.05, 3.63) is 60.7 Å². The number of anilines is 2. The van der Waals surface area contributed by atoms with Gasteiger partial charge in [0.1, 0.15) is 0 Å². The quantitative estimate of drug-likeness (QED) is 0.768. The molecule has 1 heterocycles. The van der Waals surface area contributed by atoms with Crippen LogP contribution in [0.5, 0.6) is 0 Å². The molecule has 2 bridgehead atoms. The summed E-state index contributed by atoms with van der Waals surface area (Å²) in [5, 5.41) is 0. The Labute approximate surface area is 153 Å². The van der Waals surface area contributed by atoms with Gasteiger partial charge in [-0.3, -0.25) is 14.5 Å². The number of ether oxygens (including phenoxy) is 1. The topological polar surface area (TPSA) is 46.6 Å². The Hall–Kier alpha value is -2.62. The number of hydrogen-bond acceptors (Lipinski definition) is 3. The average molecular weight is 349 g/mol. The number of nitrogens with zero attached hydrogens (tertiary/aromatic N) is 1. The minimum Gasteiger partial charge on any atom is -0.448 e. The number of benzene rings is 2. The van der Waals surface area contributed by atoms with Crippen LogP contribution in [-0.4, -0.2) is 17.5 Å². The zero-order valence-electron chi connectivity index (χ0n) is 15.4. The predicted molar refractivity (Wildman–Crippen MR) is 100.0 cm³/mol. The number of rotatable bonds is 3. The Morgan fingerprint density at radius 2 is 1.38 bits per heavy atom. The maximum atomic E-state index is 13.9. The second-order valence-corrected chi connectivity index (χ2v) is 7.99. The molecule has 134 valence electrons. The summed E-state index contributed by atoms with van der Waals surface area (Å²) in [6, 6.07) is 19.1. The van der Waals surface area contributed by atoms with Crippen LogP contribution in [0.25, 0.3) is 0 Å². The molecule has 1 amide bonds. The van der Waals surface area contributed by atoms with Crippen LogP contribution in [0.3, 0.4) is 0 Å². The molecular weight excluding hydrogens is 326 g/mol. The molecule has 1 saturated heterocycles. The largest absolute Gasteiger partial charge is 0.448 e. The molecule has 2 aromatic rings. The summed E-state index contributed by atoms with van der Waals surface area (Å²) in [5.74, 6) is -0.433. The van der Waals surface area contributed by atoms with E-state index in [1.807, 2.05) is 81.4 Å². The van der Waals surface area contributed by atoms with Crippen molar-refractivity contribution in [2.45, 2.75) is 39.2 Å². The molecule has 0 spiro atoms. The van der Waals surface area contributed by atoms with Crippen LogP contribution < -0.4 is 4.90 Å². The van der Waals surface area contributed by atoms with Gasteiger partial charge in [-0.05, 0) is 44.0 Å². The molecule has 1 saturated carbocycles. The molecule has 2 fully saturated rings. The third-order valence-corrected chi connectivity index (χ3v) is 6.66. The SMILES string of the molecule is CC12CCC(C(=O)N(c3ccccc3)c3ccccc3)(OC1=O)C2(C)C. The average Bonchev–Trinajstić information content (AvgIpc) is 2.94. The van der Waals surface area contributed by atoms with Gasteiger partial charge in [0.25, 0.3) is 5.91 Å². The van der Waals surface area contributed by atoms with Crippen molar-refractivity contribution < 1.29 is 14.3 Å². The molecule has 4 nitrogen and oxygen atoms in total. The predicted octanol–water partition coefficient (Wildman–Crippen LogP) is 4.47. The monoisotopic (exact) mass is 349 g/mol. The number of fused-ring (bicyclic) bond motifs is 2. The normalized spacial score (nSPS) is 28.7. The van der Waals surface area contributed by atoms with Gasteiger partial charge in [0.2, 0.25) is 0 Å². The summed E-state index contributed by atoms with van der Waals surface area (Å²) in [5.41, 5.74) is -0.793. The van der Waals surface area contributed by atoms with E-state index in [0.717, 1.165) is 11.4 Å². The minimum absolute atomic E-state index is 0.172. The van der Waals surface area contributed by atoms with Crippen molar-refractivity contribution in [3.8, 4) is 0 Å². The van der Waals surface area contributed by atoms with Crippen LogP contribution in [0.1, 0.15) is 33.6 Å². The zero-order valence-corrected chi connectivity index (χ0v) is 15.4. The first-order valence-electron chi connectivity index (χ1n) is 9.02. The summed E-state index contributed by atoms with van der Waals surface area (Å²) in [7, 11) is 0. The van der Waals surface area contributed by atoms with Crippen LogP contribution in [0, 0.1) is 10.8 Å². The van der Waals surface area contributed by atoms with Crippen molar-refractivity contribution in [3.63, 3.8) is 0 Å². The summed E-state index contributed by atoms with van der Waals surface area (Å²) in [6.07, 6.45) is 1.22. The summed E-state index contributed by atoms with van der Waals surface area (Å²) < 4.78 is 5.82. The Balaban J connectivity index is 1.86. The van der Waals surface area contributed by atoms with Crippen LogP contribution in [-0.2, 0) is 14.3 Å². The van der Waals surface area contributed by atoms with Crippen LogP contribution in [0.2, 0.25) is 0 Å². The van der Waals surface area contributed by atoms with Gasteiger partial charge in [0, 0.05) is 16.8 Å². The Morgan fingerprint density at radius 3 is 1.77 bits per heavy atom. The second-order valence-electron chi connectivity index (χ2n) is 7.99. The fraction of sp³-hybridized carbons (Fsp3) is 0.364. The second kappa shape index (κ2) is 5.44. The van der Waals surface area contributed by atoms with Gasteiger partial charge in [-0.1, -0.05) is 50.2 Å². The lowest BCUT2D eigenvalue weighted by molar-refractivity contribution is -0.166. The van der Waals surface area contributed by atoms with E-state index < -0.39 is 16.4 Å². The first kappa shape index (κ1) is 16.8. The van der Waals surface area contributed by atoms with E-state index in [1.54, 1.807) is 4.90 Å². The fourth-order valence-electron chi connectivity index (χ4n) is 4.44. The van der Waals surface area contributed by atoms with Gasteiger partial charge in [-0.25, -0.2) is 0 Å². The third-order valence-electron chi connectivity index (χ3n) is 6.66. The number of carbonyl (C=O) groups is 2. The van der Waals surface area contributed by atoms with Gasteiger partial charge in [-0.15, -0.1) is 0 Å². The summed E-state index contributed by atoms with van der Waals surface area (Å²) >= 11 is 0. The number of esters is 1. The highest BCUT2D eigenvalue weighted by molar-refractivity contribution is 6.09. The molecule has 2 atom stereocenters. The molecule has 4 rings (SSSR count). The van der Waals surface area contributed by atoms with Gasteiger partial charge in [0.05, 0.1) is 5.41 Å². The molecule has 2 aliphatic rings. The molecular formula is C22H23NO3. The summed E-state index contributed by atoms with van der Waals surface area (Å²) in [6.45, 7) is 5.89. The van der Waals surface area contributed by atoms with E-state index in [1.165, 1.54) is 0 Å². The number of hydrogen-bond donors (Lipinski definition) is 0. The van der Waals surface area contributed by atoms with E-state index in [2.05, 4.69) is 0 Å². The molecule has 2 unspecified atom stereocenters. The van der Waals surface area contributed by atoms with E-state index in [-0.39, 0.29) is 11.9 Å². The lowest BCUT2D eigenvalue weighted by Gasteiger charge is -2.39. The maximum absolute atomic E-state index is 13.9. The standard InChI is InChI=1S/C22H23NO3/c1-20(2)21(3)14-15-22(20,26-19(21)25)18(24)23(16-10-6-4-7-11-16)17-12-8-5-9-13-17/h4-13H,14-15H2,1-3H3. The van der Waals surface area contributed by atoms with Crippen molar-refractivity contribution in [2.75, 3.05) is 4.90 Å². The summed E-state index contributed by atoms with van der Waals surface area (Å²) in [4.78, 5) is 28.2. The first-order chi connectivity index (χ1) is 12.3. The smallest absolute Gasteiger partial charge is 0.313 e. The van der Waals surface area contributed by atoms with Crippen molar-refractivity contribution in [2.24, 2.45) is 10.8 Å². The van der Waals surface area contributed by atoms with Crippen molar-refractivity contribution >= 4 is 23.3 Å². The molecule has 0 aromatic heterocycles. The highest BCUT2D eigenvalue weighted by Gasteiger charge is 2.76. The highest BCUT2D eigenvalue weighted by atomic mass is 16.6. The van der Waals surface area contributed by atoms with E-state index in [4.69, 9.17) is 4.74 Å². The van der Waals surface area contributed by atoms with Gasteiger partial charge < -0.3 is 4.74 Å². The van der Waals surface area contributed by atoms with Crippen LogP contribution >= 0.6 is 0 Å². The number of amides is 1. The van der Waals surface area contributed by atoms with Crippen LogP contribution in [0.4, 0.5) is 11.4 Å². The van der Waals surface area contributed by atoms with E-state index >= 15 is 0 Å². The minimum atomic E-state index is -1.13. The Bertz CT molecular complexity index is 822. The fourth-order valence-corrected chi connectivity index (χ4v) is 4.44. The molecule has 2 aromatic carbocycles. The molecule has 1 aliphatic carbocycles. The molecule has 26 heavy (non-hydrogen) atoms. The molecule has 1 aliphatic heterocycles. The maximum Gasteiger partial charge on any atom is 0.313 e. The first-order valence-corrected chi connectivity index (χ1v) is 9.02. The van der Waals surface area contributed by atoms with Crippen molar-refractivity contribution in [1.82, 2.24) is 0 Å². The lowest BCUT2D eigenvalue weighted by atomic mass is 9.66. The Kier molecular flexibility index (Phi) is 3.52. The zero-order chi connectivity index (χ0) is 18.6. The van der Waals surface area contributed by atoms with Gasteiger partial charge in [0.15, 0.2) is 5.60 Å². The molecule has 0 radical (unpaired) electrons. The van der Waals surface area contributed by atoms with E-state index in [9.17, 15) is 9.59 Å². The third kappa shape index (κ3) is 1.96. The lowest BCUT2D eigenvalue weighted by Crippen LogP contribution is -2.53. The molecule has 0 N–H and O–H groups in total. The van der Waals surface area contributed by atoms with E-state index in [0.29, 0.717) is 12.8 Å². The van der Waals surface area contributed by atoms with Gasteiger partial charge >= 0.3 is 5.97 Å². The van der Waals surface area contributed by atoms with Gasteiger partial charge in [-0.2, -0.15) is 0 Å². The van der Waals surface area contributed by atoms with Crippen molar-refractivity contribution in [1.29, 1.82) is 0 Å². The number of para-hydroxylation sites is 2.